The fourth-order valence-electron chi connectivity index (χ4n) is 3.06. The van der Waals surface area contributed by atoms with Crippen molar-refractivity contribution in [3.8, 4) is 17.2 Å². The van der Waals surface area contributed by atoms with E-state index in [4.69, 9.17) is 18.9 Å². The standard InChI is InChI=1S/C23H29NO6/c1-6-16(17-10-8-7-9-11-17)14-24-22(25)15(2)30-23(26)18-12-20(28-4)21(29-5)13-19(18)27-3/h7-13,15-16H,6,14H2,1-5H3,(H,24,25)/t15-,16+/m0/s1. The van der Waals surface area contributed by atoms with Crippen molar-refractivity contribution in [3.63, 3.8) is 0 Å². The maximum absolute atomic E-state index is 12.6. The molecule has 2 atom stereocenters. The van der Waals surface area contributed by atoms with Gasteiger partial charge in [-0.1, -0.05) is 37.3 Å². The first kappa shape index (κ1) is 23.1. The number of ether oxygens (including phenoxy) is 4. The summed E-state index contributed by atoms with van der Waals surface area (Å²) in [7, 11) is 4.38. The molecule has 0 aromatic heterocycles. The van der Waals surface area contributed by atoms with Gasteiger partial charge < -0.3 is 24.3 Å². The Morgan fingerprint density at radius 1 is 0.933 bits per heavy atom. The number of rotatable bonds is 10. The summed E-state index contributed by atoms with van der Waals surface area (Å²) in [6.45, 7) is 4.06. The van der Waals surface area contributed by atoms with E-state index in [1.165, 1.54) is 40.4 Å². The van der Waals surface area contributed by atoms with Crippen LogP contribution in [0, 0.1) is 0 Å². The van der Waals surface area contributed by atoms with Crippen LogP contribution in [0.25, 0.3) is 0 Å². The number of nitrogens with one attached hydrogen (secondary N) is 1. The molecule has 2 aromatic carbocycles. The van der Waals surface area contributed by atoms with E-state index < -0.39 is 12.1 Å². The number of hydrogen-bond acceptors (Lipinski definition) is 6. The summed E-state index contributed by atoms with van der Waals surface area (Å²) < 4.78 is 21.1. The Balaban J connectivity index is 2.03. The first-order chi connectivity index (χ1) is 14.4. The van der Waals surface area contributed by atoms with Crippen molar-refractivity contribution in [2.75, 3.05) is 27.9 Å². The van der Waals surface area contributed by atoms with E-state index in [0.29, 0.717) is 18.0 Å². The fourth-order valence-corrected chi connectivity index (χ4v) is 3.06. The third-order valence-electron chi connectivity index (χ3n) is 4.87. The van der Waals surface area contributed by atoms with Crippen LogP contribution in [0.15, 0.2) is 42.5 Å². The van der Waals surface area contributed by atoms with Gasteiger partial charge in [-0.2, -0.15) is 0 Å². The Kier molecular flexibility index (Phi) is 8.53. The summed E-state index contributed by atoms with van der Waals surface area (Å²) >= 11 is 0. The number of carbonyl (C=O) groups excluding carboxylic acids is 2. The third-order valence-corrected chi connectivity index (χ3v) is 4.87. The van der Waals surface area contributed by atoms with Crippen LogP contribution in [0.3, 0.4) is 0 Å². The van der Waals surface area contributed by atoms with E-state index >= 15 is 0 Å². The molecule has 30 heavy (non-hydrogen) atoms. The van der Waals surface area contributed by atoms with E-state index in [2.05, 4.69) is 12.2 Å². The van der Waals surface area contributed by atoms with Crippen LogP contribution in [0.4, 0.5) is 0 Å². The van der Waals surface area contributed by atoms with Crippen LogP contribution in [0.5, 0.6) is 17.2 Å². The molecule has 2 aromatic rings. The molecule has 0 aliphatic rings. The lowest BCUT2D eigenvalue weighted by Gasteiger charge is -2.19. The lowest BCUT2D eigenvalue weighted by atomic mass is 9.96. The maximum atomic E-state index is 12.6. The molecule has 7 nitrogen and oxygen atoms in total. The summed E-state index contributed by atoms with van der Waals surface area (Å²) in [5.74, 6) is 0.173. The van der Waals surface area contributed by atoms with Gasteiger partial charge in [-0.3, -0.25) is 4.79 Å². The van der Waals surface area contributed by atoms with Gasteiger partial charge in [0, 0.05) is 24.6 Å². The lowest BCUT2D eigenvalue weighted by molar-refractivity contribution is -0.129. The van der Waals surface area contributed by atoms with Gasteiger partial charge in [0.25, 0.3) is 5.91 Å². The van der Waals surface area contributed by atoms with Crippen molar-refractivity contribution in [3.05, 3.63) is 53.6 Å². The Bertz CT molecular complexity index is 852. The van der Waals surface area contributed by atoms with Crippen molar-refractivity contribution in [2.24, 2.45) is 0 Å². The van der Waals surface area contributed by atoms with Crippen LogP contribution in [0.2, 0.25) is 0 Å². The van der Waals surface area contributed by atoms with E-state index in [0.717, 1.165) is 12.0 Å². The van der Waals surface area contributed by atoms with Crippen LogP contribution >= 0.6 is 0 Å². The average molecular weight is 415 g/mol. The second kappa shape index (κ2) is 11.1. The molecule has 0 radical (unpaired) electrons. The molecule has 0 aliphatic heterocycles. The second-order valence-electron chi connectivity index (χ2n) is 6.72. The van der Waals surface area contributed by atoms with Crippen molar-refractivity contribution in [2.45, 2.75) is 32.3 Å². The van der Waals surface area contributed by atoms with E-state index in [-0.39, 0.29) is 23.1 Å². The highest BCUT2D eigenvalue weighted by molar-refractivity contribution is 5.95. The minimum absolute atomic E-state index is 0.144. The molecule has 0 fully saturated rings. The van der Waals surface area contributed by atoms with Gasteiger partial charge in [0.05, 0.1) is 21.3 Å². The summed E-state index contributed by atoms with van der Waals surface area (Å²) in [6.07, 6.45) is -0.0926. The molecule has 0 spiro atoms. The Morgan fingerprint density at radius 2 is 1.53 bits per heavy atom. The summed E-state index contributed by atoms with van der Waals surface area (Å²) in [4.78, 5) is 25.1. The van der Waals surface area contributed by atoms with Crippen LogP contribution < -0.4 is 19.5 Å². The number of esters is 1. The molecule has 0 heterocycles. The molecule has 2 rings (SSSR count). The molecular formula is C23H29NO6. The van der Waals surface area contributed by atoms with Gasteiger partial charge in [0.15, 0.2) is 17.6 Å². The summed E-state index contributed by atoms with van der Waals surface area (Å²) in [6, 6.07) is 13.0. The van der Waals surface area contributed by atoms with Gasteiger partial charge in [-0.25, -0.2) is 4.79 Å². The van der Waals surface area contributed by atoms with E-state index in [9.17, 15) is 9.59 Å². The number of hydrogen-bond donors (Lipinski definition) is 1. The predicted molar refractivity (Wildman–Crippen MR) is 113 cm³/mol. The highest BCUT2D eigenvalue weighted by Crippen LogP contribution is 2.35. The monoisotopic (exact) mass is 415 g/mol. The Labute approximate surface area is 177 Å². The number of benzene rings is 2. The first-order valence-electron chi connectivity index (χ1n) is 9.78. The van der Waals surface area contributed by atoms with Crippen LogP contribution in [0.1, 0.15) is 42.1 Å². The second-order valence-corrected chi connectivity index (χ2v) is 6.72. The van der Waals surface area contributed by atoms with E-state index in [1.807, 2.05) is 30.3 Å². The lowest BCUT2D eigenvalue weighted by Crippen LogP contribution is -2.38. The number of amides is 1. The summed E-state index contributed by atoms with van der Waals surface area (Å²) in [5, 5.41) is 2.87. The molecule has 1 N–H and O–H groups in total. The zero-order valence-electron chi connectivity index (χ0n) is 18.1. The zero-order valence-corrected chi connectivity index (χ0v) is 18.1. The van der Waals surface area contributed by atoms with Crippen molar-refractivity contribution in [1.29, 1.82) is 0 Å². The van der Waals surface area contributed by atoms with Gasteiger partial charge in [-0.05, 0) is 18.9 Å². The highest BCUT2D eigenvalue weighted by atomic mass is 16.6. The van der Waals surface area contributed by atoms with Crippen molar-refractivity contribution < 1.29 is 28.5 Å². The van der Waals surface area contributed by atoms with Gasteiger partial charge >= 0.3 is 5.97 Å². The normalized spacial score (nSPS) is 12.4. The number of carbonyl (C=O) groups is 2. The largest absolute Gasteiger partial charge is 0.496 e. The van der Waals surface area contributed by atoms with Gasteiger partial charge in [0.2, 0.25) is 0 Å². The molecule has 0 aliphatic carbocycles. The van der Waals surface area contributed by atoms with Gasteiger partial charge in [0.1, 0.15) is 11.3 Å². The Hall–Kier alpha value is -3.22. The molecule has 0 bridgehead atoms. The van der Waals surface area contributed by atoms with Crippen molar-refractivity contribution in [1.82, 2.24) is 5.32 Å². The quantitative estimate of drug-likeness (QED) is 0.598. The minimum atomic E-state index is -0.969. The maximum Gasteiger partial charge on any atom is 0.342 e. The van der Waals surface area contributed by atoms with Crippen molar-refractivity contribution >= 4 is 11.9 Å². The van der Waals surface area contributed by atoms with Gasteiger partial charge in [-0.15, -0.1) is 0 Å². The molecule has 0 unspecified atom stereocenters. The molecule has 1 amide bonds. The molecule has 0 saturated carbocycles. The molecule has 162 valence electrons. The molecule has 7 heteroatoms. The molecular weight excluding hydrogens is 386 g/mol. The Morgan fingerprint density at radius 3 is 2.10 bits per heavy atom. The first-order valence-corrected chi connectivity index (χ1v) is 9.78. The number of methoxy groups -OCH3 is 3. The highest BCUT2D eigenvalue weighted by Gasteiger charge is 2.24. The smallest absolute Gasteiger partial charge is 0.342 e. The third kappa shape index (κ3) is 5.65. The zero-order chi connectivity index (χ0) is 22.1. The molecule has 0 saturated heterocycles. The average Bonchev–Trinajstić information content (AvgIpc) is 2.78. The minimum Gasteiger partial charge on any atom is -0.496 e. The predicted octanol–water partition coefficient (Wildman–Crippen LogP) is 3.57. The SMILES string of the molecule is CC[C@H](CNC(=O)[C@H](C)OC(=O)c1cc(OC)c(OC)cc1OC)c1ccccc1. The fraction of sp³-hybridized carbons (Fsp3) is 0.391. The topological polar surface area (TPSA) is 83.1 Å². The van der Waals surface area contributed by atoms with Crippen LogP contribution in [-0.2, 0) is 9.53 Å². The van der Waals surface area contributed by atoms with Crippen LogP contribution in [-0.4, -0.2) is 45.9 Å². The van der Waals surface area contributed by atoms with E-state index in [1.54, 1.807) is 0 Å². The summed E-state index contributed by atoms with van der Waals surface area (Å²) in [5.41, 5.74) is 1.30.